The summed E-state index contributed by atoms with van der Waals surface area (Å²) in [5.41, 5.74) is 0.201. The summed E-state index contributed by atoms with van der Waals surface area (Å²) in [6, 6.07) is 5.80. The molecule has 26 heavy (non-hydrogen) atoms. The number of carbonyl (C=O) groups is 2. The molecule has 0 saturated carbocycles. The van der Waals surface area contributed by atoms with Crippen LogP contribution < -0.4 is 10.6 Å². The van der Waals surface area contributed by atoms with Crippen LogP contribution in [-0.4, -0.2) is 66.9 Å². The highest BCUT2D eigenvalue weighted by Gasteiger charge is 2.26. The summed E-state index contributed by atoms with van der Waals surface area (Å²) >= 11 is 0. The third-order valence-corrected chi connectivity index (χ3v) is 4.69. The number of para-hydroxylation sites is 1. The number of benzene rings is 1. The van der Waals surface area contributed by atoms with Gasteiger partial charge in [0, 0.05) is 32.7 Å². The van der Waals surface area contributed by atoms with Gasteiger partial charge < -0.3 is 10.6 Å². The Hall–Kier alpha value is -1.99. The molecule has 1 aromatic rings. The molecule has 0 spiro atoms. The van der Waals surface area contributed by atoms with Crippen molar-refractivity contribution in [3.63, 3.8) is 0 Å². The van der Waals surface area contributed by atoms with Crippen LogP contribution in [0.4, 0.5) is 10.1 Å². The van der Waals surface area contributed by atoms with Gasteiger partial charge >= 0.3 is 0 Å². The van der Waals surface area contributed by atoms with Gasteiger partial charge in [-0.3, -0.25) is 19.4 Å². The minimum absolute atomic E-state index is 0.0530. The number of amides is 2. The second kappa shape index (κ2) is 10.2. The van der Waals surface area contributed by atoms with Crippen LogP contribution in [0.2, 0.25) is 0 Å². The third kappa shape index (κ3) is 6.07. The third-order valence-electron chi connectivity index (χ3n) is 4.69. The Labute approximate surface area is 154 Å². The summed E-state index contributed by atoms with van der Waals surface area (Å²) in [6.07, 6.45) is 2.06. The summed E-state index contributed by atoms with van der Waals surface area (Å²) in [4.78, 5) is 28.4. The minimum Gasteiger partial charge on any atom is -0.355 e. The smallest absolute Gasteiger partial charge is 0.241 e. The number of rotatable bonds is 8. The van der Waals surface area contributed by atoms with Crippen LogP contribution in [0, 0.1) is 5.82 Å². The molecular weight excluding hydrogens is 335 g/mol. The highest BCUT2D eigenvalue weighted by Crippen LogP contribution is 2.14. The Balaban J connectivity index is 1.75. The van der Waals surface area contributed by atoms with Crippen LogP contribution in [0.15, 0.2) is 24.3 Å². The molecule has 0 aromatic heterocycles. The molecule has 1 aromatic carbocycles. The van der Waals surface area contributed by atoms with Crippen molar-refractivity contribution in [2.75, 3.05) is 44.6 Å². The second-order valence-electron chi connectivity index (χ2n) is 6.66. The zero-order valence-electron chi connectivity index (χ0n) is 15.6. The number of piperazine rings is 1. The van der Waals surface area contributed by atoms with Crippen LogP contribution in [0.3, 0.4) is 0 Å². The average Bonchev–Trinajstić information content (AvgIpc) is 2.64. The molecular formula is C19H29FN4O2. The lowest BCUT2D eigenvalue weighted by Gasteiger charge is -2.37. The summed E-state index contributed by atoms with van der Waals surface area (Å²) < 4.78 is 13.7. The van der Waals surface area contributed by atoms with Gasteiger partial charge in [0.05, 0.1) is 18.3 Å². The van der Waals surface area contributed by atoms with Crippen molar-refractivity contribution < 1.29 is 14.0 Å². The fraction of sp³-hybridized carbons (Fsp3) is 0.579. The first-order valence-corrected chi connectivity index (χ1v) is 9.29. The standard InChI is InChI=1S/C19H29FN4O2/c1-3-4-9-21-18(25)14-23-10-12-24(13-11-23)15(2)19(26)22-17-8-6-5-7-16(17)20/h5-8,15H,3-4,9-14H2,1-2H3,(H,21,25)(H,22,26)/t15-/m0/s1. The molecule has 2 N–H and O–H groups in total. The van der Waals surface area contributed by atoms with E-state index in [4.69, 9.17) is 0 Å². The maximum absolute atomic E-state index is 13.7. The summed E-state index contributed by atoms with van der Waals surface area (Å²) in [5.74, 6) is -0.606. The first-order chi connectivity index (χ1) is 12.5. The molecule has 1 fully saturated rings. The molecule has 1 aliphatic rings. The Bertz CT molecular complexity index is 603. The summed E-state index contributed by atoms with van der Waals surface area (Å²) in [5, 5.41) is 5.57. The van der Waals surface area contributed by atoms with Crippen molar-refractivity contribution in [2.24, 2.45) is 0 Å². The van der Waals surface area contributed by atoms with E-state index in [1.54, 1.807) is 18.2 Å². The SMILES string of the molecule is CCCCNC(=O)CN1CCN([C@@H](C)C(=O)Nc2ccccc2F)CC1. The molecule has 144 valence electrons. The normalized spacial score (nSPS) is 16.9. The van der Waals surface area contributed by atoms with E-state index in [0.29, 0.717) is 19.6 Å². The Morgan fingerprint density at radius 1 is 1.19 bits per heavy atom. The molecule has 7 heteroatoms. The number of hydrogen-bond acceptors (Lipinski definition) is 4. The minimum atomic E-state index is -0.438. The fourth-order valence-electron chi connectivity index (χ4n) is 2.94. The van der Waals surface area contributed by atoms with E-state index < -0.39 is 5.82 Å². The van der Waals surface area contributed by atoms with Crippen molar-refractivity contribution in [3.05, 3.63) is 30.1 Å². The Morgan fingerprint density at radius 2 is 1.88 bits per heavy atom. The van der Waals surface area contributed by atoms with Gasteiger partial charge in [-0.1, -0.05) is 25.5 Å². The number of halogens is 1. The van der Waals surface area contributed by atoms with Crippen LogP contribution >= 0.6 is 0 Å². The lowest BCUT2D eigenvalue weighted by molar-refractivity contribution is -0.124. The maximum atomic E-state index is 13.7. The highest BCUT2D eigenvalue weighted by atomic mass is 19.1. The molecule has 6 nitrogen and oxygen atoms in total. The van der Waals surface area contributed by atoms with Gasteiger partial charge in [-0.15, -0.1) is 0 Å². The van der Waals surface area contributed by atoms with E-state index in [9.17, 15) is 14.0 Å². The monoisotopic (exact) mass is 364 g/mol. The number of nitrogens with one attached hydrogen (secondary N) is 2. The van der Waals surface area contributed by atoms with E-state index in [0.717, 1.165) is 32.5 Å². The molecule has 0 radical (unpaired) electrons. The van der Waals surface area contributed by atoms with Gasteiger partial charge in [0.2, 0.25) is 11.8 Å². The predicted octanol–water partition coefficient (Wildman–Crippen LogP) is 1.69. The van der Waals surface area contributed by atoms with E-state index in [1.807, 2.05) is 6.92 Å². The predicted molar refractivity (Wildman–Crippen MR) is 100 cm³/mol. The number of unbranched alkanes of at least 4 members (excludes halogenated alkanes) is 1. The largest absolute Gasteiger partial charge is 0.355 e. The van der Waals surface area contributed by atoms with Crippen LogP contribution in [0.1, 0.15) is 26.7 Å². The molecule has 2 amide bonds. The van der Waals surface area contributed by atoms with E-state index >= 15 is 0 Å². The van der Waals surface area contributed by atoms with Crippen LogP contribution in [0.25, 0.3) is 0 Å². The maximum Gasteiger partial charge on any atom is 0.241 e. The topological polar surface area (TPSA) is 64.7 Å². The number of carbonyl (C=O) groups excluding carboxylic acids is 2. The van der Waals surface area contributed by atoms with E-state index in [1.165, 1.54) is 6.07 Å². The van der Waals surface area contributed by atoms with Gasteiger partial charge in [0.25, 0.3) is 0 Å². The van der Waals surface area contributed by atoms with Crippen molar-refractivity contribution in [2.45, 2.75) is 32.7 Å². The Kier molecular flexibility index (Phi) is 8.00. The molecule has 0 bridgehead atoms. The molecule has 1 aliphatic heterocycles. The zero-order valence-corrected chi connectivity index (χ0v) is 15.6. The van der Waals surface area contributed by atoms with Crippen molar-refractivity contribution in [1.82, 2.24) is 15.1 Å². The second-order valence-corrected chi connectivity index (χ2v) is 6.66. The van der Waals surface area contributed by atoms with Crippen molar-refractivity contribution in [1.29, 1.82) is 0 Å². The first-order valence-electron chi connectivity index (χ1n) is 9.29. The number of anilines is 1. The quantitative estimate of drug-likeness (QED) is 0.689. The highest BCUT2D eigenvalue weighted by molar-refractivity contribution is 5.94. The lowest BCUT2D eigenvalue weighted by Crippen LogP contribution is -2.54. The lowest BCUT2D eigenvalue weighted by atomic mass is 10.2. The molecule has 2 rings (SSSR count). The van der Waals surface area contributed by atoms with Gasteiger partial charge in [-0.2, -0.15) is 0 Å². The number of nitrogens with zero attached hydrogens (tertiary/aromatic N) is 2. The van der Waals surface area contributed by atoms with E-state index in [2.05, 4.69) is 27.4 Å². The summed E-state index contributed by atoms with van der Waals surface area (Å²) in [6.45, 7) is 7.91. The summed E-state index contributed by atoms with van der Waals surface area (Å²) in [7, 11) is 0. The molecule has 0 aliphatic carbocycles. The molecule has 1 atom stereocenters. The molecule has 1 saturated heterocycles. The van der Waals surface area contributed by atoms with Gasteiger partial charge in [-0.25, -0.2) is 4.39 Å². The molecule has 0 unspecified atom stereocenters. The van der Waals surface area contributed by atoms with Gasteiger partial charge in [0.1, 0.15) is 5.82 Å². The van der Waals surface area contributed by atoms with Crippen LogP contribution in [-0.2, 0) is 9.59 Å². The average molecular weight is 364 g/mol. The Morgan fingerprint density at radius 3 is 2.54 bits per heavy atom. The van der Waals surface area contributed by atoms with Crippen molar-refractivity contribution >= 4 is 17.5 Å². The molecule has 1 heterocycles. The van der Waals surface area contributed by atoms with E-state index in [-0.39, 0.29) is 23.5 Å². The first kappa shape index (κ1) is 20.3. The van der Waals surface area contributed by atoms with Crippen molar-refractivity contribution in [3.8, 4) is 0 Å². The number of hydrogen-bond donors (Lipinski definition) is 2. The van der Waals surface area contributed by atoms with Crippen LogP contribution in [0.5, 0.6) is 0 Å². The van der Waals surface area contributed by atoms with Gasteiger partial charge in [-0.05, 0) is 25.5 Å². The zero-order chi connectivity index (χ0) is 18.9. The fourth-order valence-corrected chi connectivity index (χ4v) is 2.94. The van der Waals surface area contributed by atoms with Gasteiger partial charge in [0.15, 0.2) is 0 Å².